The second-order valence-corrected chi connectivity index (χ2v) is 5.34. The van der Waals surface area contributed by atoms with Gasteiger partial charge in [-0.1, -0.05) is 13.8 Å². The lowest BCUT2D eigenvalue weighted by Gasteiger charge is -2.07. The number of pyridine rings is 1. The summed E-state index contributed by atoms with van der Waals surface area (Å²) in [6.45, 7) is 5.56. The van der Waals surface area contributed by atoms with E-state index in [2.05, 4.69) is 24.1 Å². The highest BCUT2D eigenvalue weighted by atomic mass is 16.1. The van der Waals surface area contributed by atoms with Crippen LogP contribution in [-0.2, 0) is 6.54 Å². The molecule has 0 spiro atoms. The minimum Gasteiger partial charge on any atom is -0.352 e. The molecule has 4 nitrogen and oxygen atoms in total. The van der Waals surface area contributed by atoms with Gasteiger partial charge in [-0.25, -0.2) is 0 Å². The minimum atomic E-state index is -0.0372. The number of nitrogens with two attached hydrogens (primary N) is 1. The van der Waals surface area contributed by atoms with Crippen molar-refractivity contribution in [3.63, 3.8) is 0 Å². The van der Waals surface area contributed by atoms with E-state index in [0.29, 0.717) is 23.4 Å². The molecular formula is C13H19N3O. The van der Waals surface area contributed by atoms with Gasteiger partial charge in [-0.05, 0) is 29.9 Å². The number of nitrogens with zero attached hydrogens (tertiary/aromatic N) is 1. The van der Waals surface area contributed by atoms with Crippen molar-refractivity contribution >= 4 is 5.91 Å². The fraction of sp³-hybridized carbons (Fsp3) is 0.538. The van der Waals surface area contributed by atoms with E-state index in [0.717, 1.165) is 12.2 Å². The maximum atomic E-state index is 11.9. The summed E-state index contributed by atoms with van der Waals surface area (Å²) in [5.74, 6) is 0.576. The molecule has 17 heavy (non-hydrogen) atoms. The SMILES string of the molecule is CC1(C)CC1CNC(=O)c1ccnc(CN)c1. The zero-order valence-corrected chi connectivity index (χ0v) is 10.4. The van der Waals surface area contributed by atoms with Crippen molar-refractivity contribution in [3.05, 3.63) is 29.6 Å². The van der Waals surface area contributed by atoms with Gasteiger partial charge in [0.1, 0.15) is 0 Å². The van der Waals surface area contributed by atoms with Gasteiger partial charge in [0.15, 0.2) is 0 Å². The zero-order valence-electron chi connectivity index (χ0n) is 10.4. The van der Waals surface area contributed by atoms with Crippen LogP contribution in [0, 0.1) is 11.3 Å². The standard InChI is InChI=1S/C13H19N3O/c1-13(2)6-10(13)8-16-12(17)9-3-4-15-11(5-9)7-14/h3-5,10H,6-8,14H2,1-2H3,(H,16,17). The molecule has 1 aromatic heterocycles. The number of hydrogen-bond acceptors (Lipinski definition) is 3. The van der Waals surface area contributed by atoms with Crippen molar-refractivity contribution in [1.29, 1.82) is 0 Å². The summed E-state index contributed by atoms with van der Waals surface area (Å²) in [4.78, 5) is 15.9. The molecule has 1 heterocycles. The van der Waals surface area contributed by atoms with E-state index in [1.54, 1.807) is 18.3 Å². The first-order chi connectivity index (χ1) is 8.03. The summed E-state index contributed by atoms with van der Waals surface area (Å²) >= 11 is 0. The quantitative estimate of drug-likeness (QED) is 0.824. The van der Waals surface area contributed by atoms with Crippen LogP contribution in [0.3, 0.4) is 0 Å². The van der Waals surface area contributed by atoms with E-state index in [1.807, 2.05) is 0 Å². The fourth-order valence-corrected chi connectivity index (χ4v) is 1.97. The van der Waals surface area contributed by atoms with Crippen molar-refractivity contribution in [2.45, 2.75) is 26.8 Å². The maximum Gasteiger partial charge on any atom is 0.251 e. The van der Waals surface area contributed by atoms with Crippen molar-refractivity contribution in [1.82, 2.24) is 10.3 Å². The molecular weight excluding hydrogens is 214 g/mol. The van der Waals surface area contributed by atoms with Crippen LogP contribution in [0.2, 0.25) is 0 Å². The largest absolute Gasteiger partial charge is 0.352 e. The molecule has 1 atom stereocenters. The number of hydrogen-bond donors (Lipinski definition) is 2. The Bertz CT molecular complexity index is 428. The summed E-state index contributed by atoms with van der Waals surface area (Å²) in [6.07, 6.45) is 2.82. The number of rotatable bonds is 4. The third kappa shape index (κ3) is 2.82. The van der Waals surface area contributed by atoms with E-state index < -0.39 is 0 Å². The van der Waals surface area contributed by atoms with E-state index in [1.165, 1.54) is 6.42 Å². The lowest BCUT2D eigenvalue weighted by Crippen LogP contribution is -2.26. The second-order valence-electron chi connectivity index (χ2n) is 5.34. The molecule has 1 aromatic rings. The van der Waals surface area contributed by atoms with E-state index >= 15 is 0 Å². The third-order valence-corrected chi connectivity index (χ3v) is 3.51. The predicted molar refractivity (Wildman–Crippen MR) is 66.3 cm³/mol. The molecule has 2 rings (SSSR count). The van der Waals surface area contributed by atoms with Gasteiger partial charge in [-0.15, -0.1) is 0 Å². The van der Waals surface area contributed by atoms with Gasteiger partial charge in [-0.2, -0.15) is 0 Å². The number of carbonyl (C=O) groups excluding carboxylic acids is 1. The highest BCUT2D eigenvalue weighted by molar-refractivity contribution is 5.94. The van der Waals surface area contributed by atoms with E-state index in [4.69, 9.17) is 5.73 Å². The number of amides is 1. The Balaban J connectivity index is 1.91. The zero-order chi connectivity index (χ0) is 12.5. The highest BCUT2D eigenvalue weighted by Crippen LogP contribution is 2.50. The molecule has 3 N–H and O–H groups in total. The molecule has 0 aromatic carbocycles. The highest BCUT2D eigenvalue weighted by Gasteiger charge is 2.45. The van der Waals surface area contributed by atoms with Crippen LogP contribution < -0.4 is 11.1 Å². The van der Waals surface area contributed by atoms with Crippen LogP contribution in [0.1, 0.15) is 36.3 Å². The number of carbonyl (C=O) groups is 1. The Morgan fingerprint density at radius 1 is 1.65 bits per heavy atom. The van der Waals surface area contributed by atoms with Crippen LogP contribution in [0.4, 0.5) is 0 Å². The summed E-state index contributed by atoms with van der Waals surface area (Å²) < 4.78 is 0. The van der Waals surface area contributed by atoms with E-state index in [9.17, 15) is 4.79 Å². The van der Waals surface area contributed by atoms with Crippen LogP contribution in [-0.4, -0.2) is 17.4 Å². The molecule has 0 saturated heterocycles. The molecule has 1 unspecified atom stereocenters. The molecule has 4 heteroatoms. The first-order valence-electron chi connectivity index (χ1n) is 5.96. The molecule has 0 aliphatic heterocycles. The van der Waals surface area contributed by atoms with Crippen LogP contribution in [0.5, 0.6) is 0 Å². The topological polar surface area (TPSA) is 68.0 Å². The molecule has 1 aliphatic carbocycles. The maximum absolute atomic E-state index is 11.9. The van der Waals surface area contributed by atoms with Gasteiger partial charge in [0.25, 0.3) is 5.91 Å². The molecule has 1 saturated carbocycles. The summed E-state index contributed by atoms with van der Waals surface area (Å²) in [5, 5.41) is 2.96. The monoisotopic (exact) mass is 233 g/mol. The van der Waals surface area contributed by atoms with Gasteiger partial charge >= 0.3 is 0 Å². The predicted octanol–water partition coefficient (Wildman–Crippen LogP) is 1.32. The second kappa shape index (κ2) is 4.45. The number of nitrogens with one attached hydrogen (secondary N) is 1. The van der Waals surface area contributed by atoms with Crippen LogP contribution in [0.15, 0.2) is 18.3 Å². The Hall–Kier alpha value is -1.42. The Morgan fingerprint density at radius 2 is 2.35 bits per heavy atom. The van der Waals surface area contributed by atoms with Crippen LogP contribution in [0.25, 0.3) is 0 Å². The lowest BCUT2D eigenvalue weighted by molar-refractivity contribution is 0.0950. The minimum absolute atomic E-state index is 0.0372. The molecule has 1 amide bonds. The first-order valence-corrected chi connectivity index (χ1v) is 5.96. The van der Waals surface area contributed by atoms with Gasteiger partial charge in [0.05, 0.1) is 5.69 Å². The average Bonchev–Trinajstić information content (AvgIpc) is 2.94. The molecule has 0 bridgehead atoms. The van der Waals surface area contributed by atoms with Gasteiger partial charge in [-0.3, -0.25) is 9.78 Å². The van der Waals surface area contributed by atoms with E-state index in [-0.39, 0.29) is 5.91 Å². The Kier molecular flexibility index (Phi) is 3.15. The smallest absolute Gasteiger partial charge is 0.251 e. The lowest BCUT2D eigenvalue weighted by atomic mass is 10.1. The normalized spacial score (nSPS) is 21.0. The van der Waals surface area contributed by atoms with Crippen molar-refractivity contribution in [2.75, 3.05) is 6.54 Å². The van der Waals surface area contributed by atoms with Crippen molar-refractivity contribution < 1.29 is 4.79 Å². The van der Waals surface area contributed by atoms with Crippen molar-refractivity contribution in [3.8, 4) is 0 Å². The molecule has 92 valence electrons. The van der Waals surface area contributed by atoms with Gasteiger partial charge in [0.2, 0.25) is 0 Å². The molecule has 1 aliphatic rings. The van der Waals surface area contributed by atoms with Crippen LogP contribution >= 0.6 is 0 Å². The summed E-state index contributed by atoms with van der Waals surface area (Å²) in [7, 11) is 0. The van der Waals surface area contributed by atoms with Gasteiger partial charge < -0.3 is 11.1 Å². The Labute approximate surface area is 102 Å². The summed E-state index contributed by atoms with van der Waals surface area (Å²) in [5.41, 5.74) is 7.27. The number of aromatic nitrogens is 1. The molecule has 0 radical (unpaired) electrons. The summed E-state index contributed by atoms with van der Waals surface area (Å²) in [6, 6.07) is 3.46. The third-order valence-electron chi connectivity index (χ3n) is 3.51. The van der Waals surface area contributed by atoms with Crippen molar-refractivity contribution in [2.24, 2.45) is 17.1 Å². The Morgan fingerprint density at radius 3 is 2.94 bits per heavy atom. The molecule has 1 fully saturated rings. The average molecular weight is 233 g/mol. The van der Waals surface area contributed by atoms with Gasteiger partial charge in [0, 0.05) is 24.8 Å². The fourth-order valence-electron chi connectivity index (χ4n) is 1.97. The first kappa shape index (κ1) is 12.0.